The molecule has 15 nitrogen and oxygen atoms in total. The highest BCUT2D eigenvalue weighted by atomic mass is 16.7. The van der Waals surface area contributed by atoms with Crippen molar-refractivity contribution < 1.29 is 73.8 Å². The smallest absolute Gasteiger partial charge is 0.306 e. The van der Waals surface area contributed by atoms with Crippen LogP contribution in [0.5, 0.6) is 0 Å². The molecule has 0 amide bonds. The second-order valence-electron chi connectivity index (χ2n) is 16.9. The van der Waals surface area contributed by atoms with Gasteiger partial charge in [0.2, 0.25) is 0 Å². The van der Waals surface area contributed by atoms with Crippen LogP contribution in [0.3, 0.4) is 0 Å². The largest absolute Gasteiger partial charge is 0.462 e. The molecule has 0 aromatic heterocycles. The zero-order chi connectivity index (χ0) is 49.6. The van der Waals surface area contributed by atoms with Crippen LogP contribution in [0.25, 0.3) is 0 Å². The first-order chi connectivity index (χ1) is 33.0. The summed E-state index contributed by atoms with van der Waals surface area (Å²) in [6, 6.07) is 0. The zero-order valence-electron chi connectivity index (χ0n) is 40.5. The van der Waals surface area contributed by atoms with Gasteiger partial charge in [-0.15, -0.1) is 0 Å². The molecule has 68 heavy (non-hydrogen) atoms. The highest BCUT2D eigenvalue weighted by Gasteiger charge is 2.47. The molecule has 11 atom stereocenters. The quantitative estimate of drug-likeness (QED) is 0.0200. The van der Waals surface area contributed by atoms with Crippen molar-refractivity contribution in [3.8, 4) is 0 Å². The third kappa shape index (κ3) is 27.0. The van der Waals surface area contributed by atoms with Crippen molar-refractivity contribution in [2.75, 3.05) is 26.4 Å². The first-order valence-corrected chi connectivity index (χ1v) is 24.8. The van der Waals surface area contributed by atoms with E-state index < -0.39 is 99.3 Å². The normalized spacial score (nSPS) is 26.6. The van der Waals surface area contributed by atoms with Gasteiger partial charge >= 0.3 is 11.9 Å². The summed E-state index contributed by atoms with van der Waals surface area (Å²) in [5.41, 5.74) is 0. The van der Waals surface area contributed by atoms with E-state index in [1.807, 2.05) is 0 Å². The Morgan fingerprint density at radius 1 is 0.485 bits per heavy atom. The van der Waals surface area contributed by atoms with Gasteiger partial charge in [0, 0.05) is 12.8 Å². The number of unbranched alkanes of at least 4 members (excludes halogenated alkanes) is 6. The number of esters is 2. The summed E-state index contributed by atoms with van der Waals surface area (Å²) < 4.78 is 33.5. The van der Waals surface area contributed by atoms with Crippen molar-refractivity contribution in [2.24, 2.45) is 0 Å². The summed E-state index contributed by atoms with van der Waals surface area (Å²) in [6.07, 6.45) is 31.5. The van der Waals surface area contributed by atoms with Gasteiger partial charge in [0.1, 0.15) is 55.4 Å². The van der Waals surface area contributed by atoms with E-state index in [4.69, 9.17) is 28.4 Å². The van der Waals surface area contributed by atoms with Crippen LogP contribution in [-0.2, 0) is 38.0 Å². The molecule has 0 aliphatic carbocycles. The van der Waals surface area contributed by atoms with Gasteiger partial charge in [-0.05, 0) is 89.9 Å². The van der Waals surface area contributed by atoms with Crippen LogP contribution in [0.4, 0.5) is 0 Å². The van der Waals surface area contributed by atoms with E-state index in [2.05, 4.69) is 111 Å². The molecule has 2 fully saturated rings. The van der Waals surface area contributed by atoms with E-state index in [0.717, 1.165) is 83.5 Å². The van der Waals surface area contributed by atoms with Crippen molar-refractivity contribution >= 4 is 11.9 Å². The fraction of sp³-hybridized carbons (Fsp3) is 0.660. The van der Waals surface area contributed by atoms with Crippen LogP contribution < -0.4 is 0 Å². The Labute approximate surface area is 405 Å². The van der Waals surface area contributed by atoms with E-state index in [-0.39, 0.29) is 19.4 Å². The second-order valence-corrected chi connectivity index (χ2v) is 16.9. The van der Waals surface area contributed by atoms with Gasteiger partial charge in [-0.2, -0.15) is 0 Å². The molecule has 386 valence electrons. The molecule has 15 heteroatoms. The average Bonchev–Trinajstić information content (AvgIpc) is 3.33. The molecule has 2 rings (SSSR count). The predicted octanol–water partition coefficient (Wildman–Crippen LogP) is 6.59. The Morgan fingerprint density at radius 2 is 0.926 bits per heavy atom. The molecule has 0 spiro atoms. The van der Waals surface area contributed by atoms with Gasteiger partial charge in [0.25, 0.3) is 0 Å². The lowest BCUT2D eigenvalue weighted by Gasteiger charge is -2.42. The maximum Gasteiger partial charge on any atom is 0.306 e. The monoisotopic (exact) mass is 961 g/mol. The molecule has 7 N–H and O–H groups in total. The van der Waals surface area contributed by atoms with Crippen molar-refractivity contribution in [3.05, 3.63) is 97.2 Å². The molecule has 0 aromatic rings. The van der Waals surface area contributed by atoms with Crippen molar-refractivity contribution in [1.82, 2.24) is 0 Å². The molecule has 0 radical (unpaired) electrons. The zero-order valence-corrected chi connectivity index (χ0v) is 40.5. The van der Waals surface area contributed by atoms with Gasteiger partial charge in [0.15, 0.2) is 18.7 Å². The Hall–Kier alpha value is -3.58. The molecular formula is C53H84O15. The SMILES string of the molecule is CC/C=C/C/C=C/C/C=C/C/C=C/CCCCC(=O)OC[C@H](CO[C@H]1O[C@@H](CO[C@H]2O[C@@H](CO)[C@@H](O)C(O)C2O)[C@@H](O)C(O)C1O)OC(=O)CCCCC/C=C/C/C=C/C/C=C/C/C=C/CCC. The molecule has 4 unspecified atom stereocenters. The molecule has 2 aliphatic heterocycles. The minimum atomic E-state index is -1.78. The van der Waals surface area contributed by atoms with Gasteiger partial charge in [-0.3, -0.25) is 9.59 Å². The minimum Gasteiger partial charge on any atom is -0.462 e. The van der Waals surface area contributed by atoms with Gasteiger partial charge in [-0.1, -0.05) is 124 Å². The fourth-order valence-electron chi connectivity index (χ4n) is 6.96. The number of hydrogen-bond donors (Lipinski definition) is 7. The first-order valence-electron chi connectivity index (χ1n) is 24.8. The maximum atomic E-state index is 13.0. The summed E-state index contributed by atoms with van der Waals surface area (Å²) in [6.45, 7) is 2.29. The van der Waals surface area contributed by atoms with Crippen LogP contribution in [-0.4, -0.2) is 142 Å². The number of rotatable bonds is 36. The summed E-state index contributed by atoms with van der Waals surface area (Å²) >= 11 is 0. The molecular weight excluding hydrogens is 877 g/mol. The van der Waals surface area contributed by atoms with Crippen LogP contribution >= 0.6 is 0 Å². The van der Waals surface area contributed by atoms with E-state index >= 15 is 0 Å². The lowest BCUT2D eigenvalue weighted by Crippen LogP contribution is -2.61. The van der Waals surface area contributed by atoms with E-state index in [1.54, 1.807) is 0 Å². The van der Waals surface area contributed by atoms with Crippen LogP contribution in [0, 0.1) is 0 Å². The van der Waals surface area contributed by atoms with Crippen molar-refractivity contribution in [1.29, 1.82) is 0 Å². The Morgan fingerprint density at radius 3 is 1.46 bits per heavy atom. The van der Waals surface area contributed by atoms with Crippen LogP contribution in [0.1, 0.15) is 129 Å². The van der Waals surface area contributed by atoms with Gasteiger partial charge in [-0.25, -0.2) is 0 Å². The number of aliphatic hydroxyl groups excluding tert-OH is 7. The third-order valence-electron chi connectivity index (χ3n) is 11.0. The van der Waals surface area contributed by atoms with Crippen molar-refractivity contribution in [2.45, 2.75) is 197 Å². The predicted molar refractivity (Wildman–Crippen MR) is 261 cm³/mol. The summed E-state index contributed by atoms with van der Waals surface area (Å²) in [4.78, 5) is 25.7. The molecule has 2 aliphatic rings. The van der Waals surface area contributed by atoms with Gasteiger partial charge < -0.3 is 64.2 Å². The van der Waals surface area contributed by atoms with Crippen molar-refractivity contribution in [3.63, 3.8) is 0 Å². The Balaban J connectivity index is 1.87. The van der Waals surface area contributed by atoms with Crippen LogP contribution in [0.15, 0.2) is 97.2 Å². The minimum absolute atomic E-state index is 0.112. The average molecular weight is 961 g/mol. The highest BCUT2D eigenvalue weighted by Crippen LogP contribution is 2.26. The standard InChI is InChI=1S/C53H84O15/c1-3-5-7-9-11-13-15-17-19-20-22-24-26-28-30-32-34-36-45(56)66-41(38-63-44(55)35-33-31-29-27-25-23-21-18-16-14-12-10-8-6-4-2)39-64-52-51(62)49(60)47(58)43(68-52)40-65-53-50(61)48(59)46(57)42(37-54)67-53/h6-9,12-15,18-21,24-27,41-43,46-54,57-62H,3-5,10-11,16-17,22-23,28-40H2,1-2H3/b8-6+,9-7+,14-12+,15-13+,20-19+,21-18+,26-24+,27-25+/t41-,42+,43+,46-,47-,48?,49?,50?,51?,52+,53+/m1/s1. The number of carbonyl (C=O) groups is 2. The molecule has 0 bridgehead atoms. The number of carbonyl (C=O) groups excluding carboxylic acids is 2. The Bertz CT molecular complexity index is 1550. The molecule has 2 heterocycles. The topological polar surface area (TPSA) is 231 Å². The summed E-state index contributed by atoms with van der Waals surface area (Å²) in [5.74, 6) is -1.02. The maximum absolute atomic E-state index is 13.0. The lowest BCUT2D eigenvalue weighted by atomic mass is 9.98. The summed E-state index contributed by atoms with van der Waals surface area (Å²) in [7, 11) is 0. The molecule has 2 saturated heterocycles. The summed E-state index contributed by atoms with van der Waals surface area (Å²) in [5, 5.41) is 72.0. The first kappa shape index (κ1) is 60.5. The third-order valence-corrected chi connectivity index (χ3v) is 11.0. The van der Waals surface area contributed by atoms with E-state index in [1.165, 1.54) is 6.42 Å². The molecule has 0 aromatic carbocycles. The lowest BCUT2D eigenvalue weighted by molar-refractivity contribution is -0.332. The van der Waals surface area contributed by atoms with E-state index in [9.17, 15) is 45.3 Å². The number of ether oxygens (including phenoxy) is 6. The molecule has 0 saturated carbocycles. The Kier molecular flexibility index (Phi) is 34.9. The number of aliphatic hydroxyl groups is 7. The number of hydrogen-bond acceptors (Lipinski definition) is 15. The van der Waals surface area contributed by atoms with E-state index in [0.29, 0.717) is 12.8 Å². The fourth-order valence-corrected chi connectivity index (χ4v) is 6.96. The number of allylic oxidation sites excluding steroid dienone is 16. The second kappa shape index (κ2) is 39.2. The highest BCUT2D eigenvalue weighted by molar-refractivity contribution is 5.70. The van der Waals surface area contributed by atoms with Crippen LogP contribution in [0.2, 0.25) is 0 Å². The van der Waals surface area contributed by atoms with Gasteiger partial charge in [0.05, 0.1) is 19.8 Å².